The van der Waals surface area contributed by atoms with Crippen LogP contribution < -0.4 is 5.73 Å². The number of nitrogen functional groups attached to an aromatic ring is 1. The Balaban J connectivity index is 2.26. The molecule has 7 heteroatoms. The lowest BCUT2D eigenvalue weighted by Gasteiger charge is -2.18. The molecule has 3 aromatic rings. The fourth-order valence-corrected chi connectivity index (χ4v) is 3.32. The monoisotopic (exact) mass is 410 g/mol. The Hall–Kier alpha value is -3.13. The summed E-state index contributed by atoms with van der Waals surface area (Å²) < 4.78 is 12.8. The quantitative estimate of drug-likeness (QED) is 0.468. The molecule has 3 rings (SSSR count). The first kappa shape index (κ1) is 21.6. The molecule has 7 nitrogen and oxygen atoms in total. The van der Waals surface area contributed by atoms with Crippen LogP contribution in [0.1, 0.15) is 17.3 Å². The summed E-state index contributed by atoms with van der Waals surface area (Å²) in [6.45, 7) is 1.26. The summed E-state index contributed by atoms with van der Waals surface area (Å²) in [5, 5.41) is 18.8. The Morgan fingerprint density at radius 2 is 1.50 bits per heavy atom. The van der Waals surface area contributed by atoms with Gasteiger partial charge in [0, 0.05) is 5.56 Å². The van der Waals surface area contributed by atoms with Crippen molar-refractivity contribution in [2.24, 2.45) is 0 Å². The van der Waals surface area contributed by atoms with Gasteiger partial charge in [0.2, 0.25) is 0 Å². The number of carbonyl (C=O) groups is 1. The Kier molecular flexibility index (Phi) is 7.24. The van der Waals surface area contributed by atoms with E-state index in [9.17, 15) is 15.0 Å². The number of ether oxygens (including phenoxy) is 2. The third kappa shape index (κ3) is 4.38. The number of aliphatic hydroxyl groups is 2. The summed E-state index contributed by atoms with van der Waals surface area (Å²) in [7, 11) is 0. The van der Waals surface area contributed by atoms with Gasteiger partial charge in [-0.25, -0.2) is 4.79 Å². The number of aliphatic hydroxyl groups excluding tert-OH is 2. The maximum absolute atomic E-state index is 12.9. The number of carbonyl (C=O) groups excluding carboxylic acids is 1. The first-order valence-electron chi connectivity index (χ1n) is 9.75. The van der Waals surface area contributed by atoms with Gasteiger partial charge in [-0.2, -0.15) is 0 Å². The van der Waals surface area contributed by atoms with Gasteiger partial charge in [-0.05, 0) is 12.5 Å². The summed E-state index contributed by atoms with van der Waals surface area (Å²) in [5.41, 5.74) is 9.77. The van der Waals surface area contributed by atoms with Gasteiger partial charge in [0.05, 0.1) is 36.9 Å². The second-order valence-electron chi connectivity index (χ2n) is 6.65. The average Bonchev–Trinajstić information content (AvgIpc) is 3.08. The van der Waals surface area contributed by atoms with E-state index in [-0.39, 0.29) is 37.8 Å². The smallest absolute Gasteiger partial charge is 0.342 e. The van der Waals surface area contributed by atoms with E-state index in [1.165, 1.54) is 0 Å². The first-order valence-corrected chi connectivity index (χ1v) is 9.75. The predicted octanol–water partition coefficient (Wildman–Crippen LogP) is 2.91. The molecule has 0 radical (unpaired) electrons. The highest BCUT2D eigenvalue weighted by Gasteiger charge is 2.29. The van der Waals surface area contributed by atoms with Crippen molar-refractivity contribution < 1.29 is 24.5 Å². The molecule has 158 valence electrons. The SMILES string of the molecule is CCOC(=O)c1c(N)c(-c2ccccc2)n(COC(CO)CO)c1-c1ccccc1. The summed E-state index contributed by atoms with van der Waals surface area (Å²) in [5.74, 6) is -0.523. The van der Waals surface area contributed by atoms with Gasteiger partial charge in [0.25, 0.3) is 0 Å². The van der Waals surface area contributed by atoms with Gasteiger partial charge in [-0.3, -0.25) is 0 Å². The van der Waals surface area contributed by atoms with Crippen LogP contribution in [0.15, 0.2) is 60.7 Å². The van der Waals surface area contributed by atoms with E-state index in [0.29, 0.717) is 11.4 Å². The Morgan fingerprint density at radius 3 is 2.00 bits per heavy atom. The fraction of sp³-hybridized carbons (Fsp3) is 0.261. The number of hydrogen-bond donors (Lipinski definition) is 3. The van der Waals surface area contributed by atoms with Crippen molar-refractivity contribution in [1.29, 1.82) is 0 Å². The molecule has 0 bridgehead atoms. The molecule has 0 saturated heterocycles. The molecule has 30 heavy (non-hydrogen) atoms. The number of hydrogen-bond acceptors (Lipinski definition) is 6. The van der Waals surface area contributed by atoms with Crippen LogP contribution in [0, 0.1) is 0 Å². The molecule has 1 heterocycles. The van der Waals surface area contributed by atoms with E-state index in [4.69, 9.17) is 15.2 Å². The third-order valence-electron chi connectivity index (χ3n) is 4.72. The van der Waals surface area contributed by atoms with Gasteiger partial charge >= 0.3 is 5.97 Å². The van der Waals surface area contributed by atoms with Crippen molar-refractivity contribution in [1.82, 2.24) is 4.57 Å². The van der Waals surface area contributed by atoms with Gasteiger partial charge in [0.1, 0.15) is 18.4 Å². The molecular formula is C23H26N2O5. The van der Waals surface area contributed by atoms with E-state index < -0.39 is 12.1 Å². The predicted molar refractivity (Wildman–Crippen MR) is 115 cm³/mol. The number of esters is 1. The Labute approximate surface area is 175 Å². The molecule has 2 aromatic carbocycles. The maximum Gasteiger partial charge on any atom is 0.342 e. The molecule has 0 fully saturated rings. The number of nitrogens with two attached hydrogens (primary N) is 1. The van der Waals surface area contributed by atoms with Crippen LogP contribution in [-0.4, -0.2) is 46.7 Å². The molecule has 0 aliphatic heterocycles. The number of nitrogens with zero attached hydrogens (tertiary/aromatic N) is 1. The van der Waals surface area contributed by atoms with Crippen molar-refractivity contribution in [2.45, 2.75) is 19.8 Å². The standard InChI is InChI=1S/C23H26N2O5/c1-2-29-23(28)19-20(24)22(17-11-7-4-8-12-17)25(15-30-18(13-26)14-27)21(19)16-9-5-3-6-10-16/h3-12,18,26-27H,2,13-15,24H2,1H3. The normalized spacial score (nSPS) is 11.1. The minimum atomic E-state index is -0.757. The highest BCUT2D eigenvalue weighted by molar-refractivity contribution is 6.06. The van der Waals surface area contributed by atoms with Gasteiger partial charge in [-0.15, -0.1) is 0 Å². The fourth-order valence-electron chi connectivity index (χ4n) is 3.32. The number of anilines is 1. The largest absolute Gasteiger partial charge is 0.462 e. The average molecular weight is 410 g/mol. The van der Waals surface area contributed by atoms with Crippen molar-refractivity contribution >= 4 is 11.7 Å². The lowest BCUT2D eigenvalue weighted by Crippen LogP contribution is -2.24. The summed E-state index contributed by atoms with van der Waals surface area (Å²) in [4.78, 5) is 12.9. The lowest BCUT2D eigenvalue weighted by molar-refractivity contribution is -0.0488. The zero-order valence-electron chi connectivity index (χ0n) is 16.8. The Bertz CT molecular complexity index is 966. The molecule has 0 saturated carbocycles. The highest BCUT2D eigenvalue weighted by atomic mass is 16.5. The van der Waals surface area contributed by atoms with Crippen LogP contribution in [0.2, 0.25) is 0 Å². The zero-order valence-corrected chi connectivity index (χ0v) is 16.8. The molecule has 0 unspecified atom stereocenters. The topological polar surface area (TPSA) is 107 Å². The Morgan fingerprint density at radius 1 is 0.967 bits per heavy atom. The van der Waals surface area contributed by atoms with Crippen molar-refractivity contribution in [3.63, 3.8) is 0 Å². The third-order valence-corrected chi connectivity index (χ3v) is 4.72. The second kappa shape index (κ2) is 10.1. The summed E-state index contributed by atoms with van der Waals surface area (Å²) in [6, 6.07) is 18.8. The molecular weight excluding hydrogens is 384 g/mol. The van der Waals surface area contributed by atoms with E-state index >= 15 is 0 Å². The van der Waals surface area contributed by atoms with Crippen LogP contribution in [0.4, 0.5) is 5.69 Å². The van der Waals surface area contributed by atoms with E-state index in [2.05, 4.69) is 0 Å². The van der Waals surface area contributed by atoms with Crippen LogP contribution in [0.25, 0.3) is 22.5 Å². The van der Waals surface area contributed by atoms with Gasteiger partial charge in [0.15, 0.2) is 0 Å². The van der Waals surface area contributed by atoms with Gasteiger partial charge in [-0.1, -0.05) is 60.7 Å². The van der Waals surface area contributed by atoms with Gasteiger partial charge < -0.3 is 30.0 Å². The lowest BCUT2D eigenvalue weighted by atomic mass is 10.1. The first-order chi connectivity index (χ1) is 14.6. The van der Waals surface area contributed by atoms with E-state index in [1.54, 1.807) is 11.5 Å². The number of benzene rings is 2. The van der Waals surface area contributed by atoms with Crippen LogP contribution >= 0.6 is 0 Å². The summed E-state index contributed by atoms with van der Waals surface area (Å²) >= 11 is 0. The second-order valence-corrected chi connectivity index (χ2v) is 6.65. The van der Waals surface area contributed by atoms with E-state index in [1.807, 2.05) is 60.7 Å². The molecule has 0 aliphatic carbocycles. The molecule has 4 N–H and O–H groups in total. The van der Waals surface area contributed by atoms with Crippen molar-refractivity contribution in [3.05, 3.63) is 66.2 Å². The minimum Gasteiger partial charge on any atom is -0.462 e. The molecule has 0 amide bonds. The highest BCUT2D eigenvalue weighted by Crippen LogP contribution is 2.40. The molecule has 0 aliphatic rings. The zero-order chi connectivity index (χ0) is 21.5. The van der Waals surface area contributed by atoms with Crippen LogP contribution in [0.5, 0.6) is 0 Å². The van der Waals surface area contributed by atoms with Crippen LogP contribution in [0.3, 0.4) is 0 Å². The number of rotatable bonds is 9. The van der Waals surface area contributed by atoms with Crippen molar-refractivity contribution in [2.75, 3.05) is 25.6 Å². The van der Waals surface area contributed by atoms with Crippen LogP contribution in [-0.2, 0) is 16.2 Å². The van der Waals surface area contributed by atoms with E-state index in [0.717, 1.165) is 11.1 Å². The summed E-state index contributed by atoms with van der Waals surface area (Å²) in [6.07, 6.45) is -0.757. The molecule has 0 spiro atoms. The molecule has 0 atom stereocenters. The molecule has 1 aromatic heterocycles. The maximum atomic E-state index is 12.9. The minimum absolute atomic E-state index is 0.0240. The van der Waals surface area contributed by atoms with Crippen molar-refractivity contribution in [3.8, 4) is 22.5 Å². The number of aromatic nitrogens is 1.